The van der Waals surface area contributed by atoms with Crippen LogP contribution in [0.3, 0.4) is 0 Å². The number of hydrogen-bond acceptors (Lipinski definition) is 2. The molecule has 3 N–H and O–H groups in total. The second-order valence-electron chi connectivity index (χ2n) is 3.08. The Morgan fingerprint density at radius 2 is 2.07 bits per heavy atom. The normalized spacial score (nSPS) is 10.4. The highest BCUT2D eigenvalue weighted by atomic mass is 16.2. The fourth-order valence-corrected chi connectivity index (χ4v) is 0.866. The Balaban J connectivity index is 3.43. The van der Waals surface area contributed by atoms with Crippen LogP contribution >= 0.6 is 0 Å². The van der Waals surface area contributed by atoms with Gasteiger partial charge in [-0.3, -0.25) is 9.59 Å². The van der Waals surface area contributed by atoms with Crippen molar-refractivity contribution in [3.8, 4) is 0 Å². The van der Waals surface area contributed by atoms with Crippen molar-refractivity contribution in [2.24, 2.45) is 5.73 Å². The van der Waals surface area contributed by atoms with E-state index in [-0.39, 0.29) is 18.7 Å². The molecule has 80 valence electrons. The van der Waals surface area contributed by atoms with Crippen molar-refractivity contribution in [3.63, 3.8) is 0 Å². The van der Waals surface area contributed by atoms with E-state index in [1.54, 1.807) is 6.20 Å². The topological polar surface area (TPSA) is 72.2 Å². The zero-order valence-corrected chi connectivity index (χ0v) is 8.58. The molecule has 0 rings (SSSR count). The molecule has 0 atom stereocenters. The average molecular weight is 198 g/mol. The standard InChI is InChI=1S/C10H18N2O2/c1-2-3-4-5-8-12-10(14)7-6-9(11)13/h5,8H,2-4,6-7H2,1H3,(H2,11,13)(H,12,14). The third-order valence-corrected chi connectivity index (χ3v) is 1.68. The van der Waals surface area contributed by atoms with E-state index in [0.717, 1.165) is 19.3 Å². The Morgan fingerprint density at radius 3 is 2.64 bits per heavy atom. The fourth-order valence-electron chi connectivity index (χ4n) is 0.866. The predicted octanol–water partition coefficient (Wildman–Crippen LogP) is 1.07. The molecule has 0 aromatic rings. The van der Waals surface area contributed by atoms with Gasteiger partial charge in [-0.1, -0.05) is 25.8 Å². The van der Waals surface area contributed by atoms with Gasteiger partial charge >= 0.3 is 0 Å². The van der Waals surface area contributed by atoms with Crippen molar-refractivity contribution in [2.75, 3.05) is 0 Å². The summed E-state index contributed by atoms with van der Waals surface area (Å²) >= 11 is 0. The summed E-state index contributed by atoms with van der Waals surface area (Å²) in [4.78, 5) is 21.4. The molecule has 4 heteroatoms. The molecule has 0 spiro atoms. The average Bonchev–Trinajstić information content (AvgIpc) is 2.14. The number of hydrogen-bond donors (Lipinski definition) is 2. The number of carbonyl (C=O) groups excluding carboxylic acids is 2. The van der Waals surface area contributed by atoms with Crippen LogP contribution in [0.1, 0.15) is 39.0 Å². The molecule has 0 aromatic carbocycles. The van der Waals surface area contributed by atoms with Crippen LogP contribution in [-0.4, -0.2) is 11.8 Å². The van der Waals surface area contributed by atoms with Gasteiger partial charge in [-0.2, -0.15) is 0 Å². The van der Waals surface area contributed by atoms with E-state index in [2.05, 4.69) is 12.2 Å². The summed E-state index contributed by atoms with van der Waals surface area (Å²) in [5.74, 6) is -0.619. The monoisotopic (exact) mass is 198 g/mol. The predicted molar refractivity (Wildman–Crippen MR) is 55.2 cm³/mol. The zero-order valence-electron chi connectivity index (χ0n) is 8.58. The van der Waals surface area contributed by atoms with Gasteiger partial charge in [0.05, 0.1) is 0 Å². The third-order valence-electron chi connectivity index (χ3n) is 1.68. The van der Waals surface area contributed by atoms with E-state index < -0.39 is 5.91 Å². The van der Waals surface area contributed by atoms with E-state index >= 15 is 0 Å². The van der Waals surface area contributed by atoms with Crippen molar-refractivity contribution in [3.05, 3.63) is 12.3 Å². The lowest BCUT2D eigenvalue weighted by molar-refractivity contribution is -0.124. The van der Waals surface area contributed by atoms with Gasteiger partial charge in [-0.15, -0.1) is 0 Å². The van der Waals surface area contributed by atoms with Gasteiger partial charge in [0.15, 0.2) is 0 Å². The number of nitrogens with two attached hydrogens (primary N) is 1. The van der Waals surface area contributed by atoms with Crippen LogP contribution in [-0.2, 0) is 9.59 Å². The number of carbonyl (C=O) groups is 2. The minimum Gasteiger partial charge on any atom is -0.370 e. The molecule has 0 aliphatic heterocycles. The smallest absolute Gasteiger partial charge is 0.224 e. The van der Waals surface area contributed by atoms with Gasteiger partial charge in [0.25, 0.3) is 0 Å². The number of unbranched alkanes of at least 4 members (excludes halogenated alkanes) is 2. The van der Waals surface area contributed by atoms with Crippen molar-refractivity contribution in [2.45, 2.75) is 39.0 Å². The minimum atomic E-state index is -0.449. The summed E-state index contributed by atoms with van der Waals surface area (Å²) in [5.41, 5.74) is 4.90. The number of amides is 2. The molecule has 0 aliphatic carbocycles. The fraction of sp³-hybridized carbons (Fsp3) is 0.600. The molecular weight excluding hydrogens is 180 g/mol. The van der Waals surface area contributed by atoms with Crippen LogP contribution < -0.4 is 11.1 Å². The van der Waals surface area contributed by atoms with Gasteiger partial charge < -0.3 is 11.1 Å². The largest absolute Gasteiger partial charge is 0.370 e. The van der Waals surface area contributed by atoms with Crippen LogP contribution in [0.2, 0.25) is 0 Å². The molecule has 14 heavy (non-hydrogen) atoms. The molecule has 0 heterocycles. The highest BCUT2D eigenvalue weighted by Gasteiger charge is 2.00. The summed E-state index contributed by atoms with van der Waals surface area (Å²) in [6, 6.07) is 0. The first kappa shape index (κ1) is 12.7. The van der Waals surface area contributed by atoms with E-state index in [1.165, 1.54) is 0 Å². The molecule has 0 saturated carbocycles. The van der Waals surface area contributed by atoms with E-state index in [4.69, 9.17) is 5.73 Å². The van der Waals surface area contributed by atoms with Crippen molar-refractivity contribution >= 4 is 11.8 Å². The van der Waals surface area contributed by atoms with Crippen LogP contribution in [0.5, 0.6) is 0 Å². The van der Waals surface area contributed by atoms with Crippen LogP contribution in [0.25, 0.3) is 0 Å². The Labute approximate surface area is 84.5 Å². The van der Waals surface area contributed by atoms with Gasteiger partial charge in [-0.05, 0) is 12.6 Å². The summed E-state index contributed by atoms with van der Waals surface area (Å²) in [6.45, 7) is 2.11. The maximum Gasteiger partial charge on any atom is 0.224 e. The van der Waals surface area contributed by atoms with E-state index in [1.807, 2.05) is 6.08 Å². The molecule has 0 bridgehead atoms. The van der Waals surface area contributed by atoms with Crippen LogP contribution in [0.15, 0.2) is 12.3 Å². The summed E-state index contributed by atoms with van der Waals surface area (Å²) < 4.78 is 0. The van der Waals surface area contributed by atoms with E-state index in [9.17, 15) is 9.59 Å². The zero-order chi connectivity index (χ0) is 10.8. The third kappa shape index (κ3) is 8.77. The quantitative estimate of drug-likeness (QED) is 0.601. The first-order chi connectivity index (χ1) is 6.66. The molecule has 0 unspecified atom stereocenters. The van der Waals surface area contributed by atoms with Crippen LogP contribution in [0, 0.1) is 0 Å². The van der Waals surface area contributed by atoms with Crippen molar-refractivity contribution in [1.29, 1.82) is 0 Å². The molecular formula is C10H18N2O2. The van der Waals surface area contributed by atoms with Gasteiger partial charge in [0, 0.05) is 12.8 Å². The number of allylic oxidation sites excluding steroid dienone is 1. The minimum absolute atomic E-state index is 0.106. The first-order valence-electron chi connectivity index (χ1n) is 4.89. The second kappa shape index (κ2) is 8.29. The molecule has 0 radical (unpaired) electrons. The number of rotatable bonds is 7. The first-order valence-corrected chi connectivity index (χ1v) is 4.89. The Morgan fingerprint density at radius 1 is 1.36 bits per heavy atom. The maximum atomic E-state index is 11.0. The highest BCUT2D eigenvalue weighted by molar-refractivity contribution is 5.83. The molecule has 0 fully saturated rings. The highest BCUT2D eigenvalue weighted by Crippen LogP contribution is 1.94. The lowest BCUT2D eigenvalue weighted by Crippen LogP contribution is -2.20. The van der Waals surface area contributed by atoms with Gasteiger partial charge in [-0.25, -0.2) is 0 Å². The summed E-state index contributed by atoms with van der Waals surface area (Å²) in [6.07, 6.45) is 7.02. The number of nitrogens with one attached hydrogen (secondary N) is 1. The molecule has 2 amide bonds. The lowest BCUT2D eigenvalue weighted by atomic mass is 10.2. The SMILES string of the molecule is CCCCC=CNC(=O)CCC(N)=O. The molecule has 4 nitrogen and oxygen atoms in total. The number of primary amides is 1. The Hall–Kier alpha value is -1.32. The summed E-state index contributed by atoms with van der Waals surface area (Å²) in [5, 5.41) is 2.57. The Bertz CT molecular complexity index is 212. The summed E-state index contributed by atoms with van der Waals surface area (Å²) in [7, 11) is 0. The molecule has 0 saturated heterocycles. The van der Waals surface area contributed by atoms with Gasteiger partial charge in [0.2, 0.25) is 11.8 Å². The van der Waals surface area contributed by atoms with Crippen LogP contribution in [0.4, 0.5) is 0 Å². The maximum absolute atomic E-state index is 11.0. The Kier molecular flexibility index (Phi) is 7.50. The van der Waals surface area contributed by atoms with Crippen molar-refractivity contribution < 1.29 is 9.59 Å². The van der Waals surface area contributed by atoms with E-state index in [0.29, 0.717) is 0 Å². The second-order valence-corrected chi connectivity index (χ2v) is 3.08. The lowest BCUT2D eigenvalue weighted by Gasteiger charge is -1.97. The van der Waals surface area contributed by atoms with Gasteiger partial charge in [0.1, 0.15) is 0 Å². The van der Waals surface area contributed by atoms with Crippen molar-refractivity contribution in [1.82, 2.24) is 5.32 Å². The molecule has 0 aromatic heterocycles. The molecule has 0 aliphatic rings.